The third-order valence-electron chi connectivity index (χ3n) is 6.49. The zero-order chi connectivity index (χ0) is 26.4. The predicted octanol–water partition coefficient (Wildman–Crippen LogP) is 3.92. The van der Waals surface area contributed by atoms with Gasteiger partial charge < -0.3 is 29.2 Å². The van der Waals surface area contributed by atoms with Gasteiger partial charge in [0.05, 0.1) is 58.3 Å². The Morgan fingerprint density at radius 2 is 1.68 bits per heavy atom. The Labute approximate surface area is 216 Å². The molecular formula is C28H31N3O6. The van der Waals surface area contributed by atoms with Gasteiger partial charge in [-0.3, -0.25) is 14.6 Å². The minimum atomic E-state index is -0.571. The maximum Gasteiger partial charge on any atom is 0.227 e. The lowest BCUT2D eigenvalue weighted by Crippen LogP contribution is -2.48. The summed E-state index contributed by atoms with van der Waals surface area (Å²) in [4.78, 5) is 32.9. The number of amides is 2. The molecule has 194 valence electrons. The number of ether oxygens (including phenoxy) is 4. The molecule has 9 nitrogen and oxygen atoms in total. The number of nitrogens with one attached hydrogen (secondary N) is 1. The van der Waals surface area contributed by atoms with Crippen LogP contribution < -0.4 is 29.2 Å². The van der Waals surface area contributed by atoms with Crippen molar-refractivity contribution < 1.29 is 28.5 Å². The van der Waals surface area contributed by atoms with E-state index >= 15 is 0 Å². The zero-order valence-electron chi connectivity index (χ0n) is 21.4. The van der Waals surface area contributed by atoms with E-state index in [1.54, 1.807) is 30.3 Å². The number of piperidine rings is 1. The molecule has 2 heterocycles. The Bertz CT molecular complexity index is 1210. The minimum Gasteiger partial charge on any atom is -0.497 e. The zero-order valence-corrected chi connectivity index (χ0v) is 21.4. The van der Waals surface area contributed by atoms with Crippen molar-refractivity contribution in [3.05, 3.63) is 72.1 Å². The van der Waals surface area contributed by atoms with E-state index in [0.717, 1.165) is 11.3 Å². The average molecular weight is 506 g/mol. The van der Waals surface area contributed by atoms with E-state index in [0.29, 0.717) is 41.7 Å². The van der Waals surface area contributed by atoms with Crippen LogP contribution in [0.3, 0.4) is 0 Å². The number of aromatic nitrogens is 1. The molecule has 0 aliphatic carbocycles. The van der Waals surface area contributed by atoms with Crippen LogP contribution >= 0.6 is 0 Å². The summed E-state index contributed by atoms with van der Waals surface area (Å²) in [5, 5.41) is 3.01. The van der Waals surface area contributed by atoms with Gasteiger partial charge in [-0.1, -0.05) is 18.2 Å². The number of methoxy groups -OCH3 is 4. The van der Waals surface area contributed by atoms with Gasteiger partial charge in [-0.05, 0) is 36.2 Å². The molecule has 3 aromatic rings. The van der Waals surface area contributed by atoms with Gasteiger partial charge in [-0.2, -0.15) is 0 Å². The number of hydrogen-bond donors (Lipinski definition) is 1. The first-order valence-electron chi connectivity index (χ1n) is 11.9. The number of nitrogens with zero attached hydrogens (tertiary/aromatic N) is 2. The van der Waals surface area contributed by atoms with Crippen LogP contribution in [-0.4, -0.2) is 45.2 Å². The summed E-state index contributed by atoms with van der Waals surface area (Å²) in [7, 11) is 6.16. The molecule has 0 saturated carbocycles. The normalized spacial score (nSPS) is 17.2. The topological polar surface area (TPSA) is 99.2 Å². The van der Waals surface area contributed by atoms with Gasteiger partial charge in [0.15, 0.2) is 11.5 Å². The van der Waals surface area contributed by atoms with Crippen molar-refractivity contribution in [1.29, 1.82) is 0 Å². The Morgan fingerprint density at radius 1 is 0.973 bits per heavy atom. The number of carbonyl (C=O) groups excluding carboxylic acids is 2. The summed E-state index contributed by atoms with van der Waals surface area (Å²) in [6.45, 7) is 0.295. The Hall–Kier alpha value is -4.27. The quantitative estimate of drug-likeness (QED) is 0.471. The van der Waals surface area contributed by atoms with Crippen LogP contribution in [0.2, 0.25) is 0 Å². The lowest BCUT2D eigenvalue weighted by molar-refractivity contribution is -0.129. The minimum absolute atomic E-state index is 0.108. The molecule has 2 atom stereocenters. The standard InChI is InChI=1S/C28H31N3O6/c1-34-21-10-8-18(9-11-21)26-22(28(33)30-17-19-7-5-6-14-29-19)12-13-25(32)31(26)20-15-23(35-2)27(37-4)24(16-20)36-3/h5-11,14-16,22,26H,12-13,17H2,1-4H3,(H,30,33)/t22-,26+/m1/s1. The SMILES string of the molecule is COc1ccc([C@H]2[C@H](C(=O)NCc3ccccn3)CCC(=O)N2c2cc(OC)c(OC)c(OC)c2)cc1. The van der Waals surface area contributed by atoms with Crippen LogP contribution in [0.25, 0.3) is 0 Å². The highest BCUT2D eigenvalue weighted by atomic mass is 16.5. The lowest BCUT2D eigenvalue weighted by atomic mass is 9.83. The van der Waals surface area contributed by atoms with Gasteiger partial charge in [0.1, 0.15) is 5.75 Å². The highest BCUT2D eigenvalue weighted by molar-refractivity contribution is 5.98. The van der Waals surface area contributed by atoms with Crippen LogP contribution in [0.1, 0.15) is 30.1 Å². The summed E-state index contributed by atoms with van der Waals surface area (Å²) >= 11 is 0. The Morgan fingerprint density at radius 3 is 2.24 bits per heavy atom. The number of carbonyl (C=O) groups is 2. The molecule has 0 spiro atoms. The van der Waals surface area contributed by atoms with Gasteiger partial charge in [0, 0.05) is 24.8 Å². The van der Waals surface area contributed by atoms with E-state index in [2.05, 4.69) is 10.3 Å². The molecule has 9 heteroatoms. The van der Waals surface area contributed by atoms with Gasteiger partial charge in [-0.25, -0.2) is 0 Å². The lowest BCUT2D eigenvalue weighted by Gasteiger charge is -2.41. The van der Waals surface area contributed by atoms with E-state index in [9.17, 15) is 9.59 Å². The molecule has 1 saturated heterocycles. The van der Waals surface area contributed by atoms with Crippen LogP contribution in [0, 0.1) is 5.92 Å². The smallest absolute Gasteiger partial charge is 0.227 e. The summed E-state index contributed by atoms with van der Waals surface area (Å²) < 4.78 is 21.8. The molecule has 37 heavy (non-hydrogen) atoms. The number of benzene rings is 2. The van der Waals surface area contributed by atoms with Crippen LogP contribution in [0.5, 0.6) is 23.0 Å². The van der Waals surface area contributed by atoms with Gasteiger partial charge in [0.2, 0.25) is 17.6 Å². The largest absolute Gasteiger partial charge is 0.497 e. The van der Waals surface area contributed by atoms with Crippen molar-refractivity contribution in [2.45, 2.75) is 25.4 Å². The molecular weight excluding hydrogens is 474 g/mol. The van der Waals surface area contributed by atoms with Crippen molar-refractivity contribution in [3.63, 3.8) is 0 Å². The molecule has 2 amide bonds. The van der Waals surface area contributed by atoms with Crippen LogP contribution in [0.4, 0.5) is 5.69 Å². The summed E-state index contributed by atoms with van der Waals surface area (Å²) in [5.74, 6) is 1.17. The fraction of sp³-hybridized carbons (Fsp3) is 0.321. The molecule has 1 aliphatic rings. The van der Waals surface area contributed by atoms with Crippen molar-refractivity contribution in [1.82, 2.24) is 10.3 Å². The van der Waals surface area contributed by atoms with E-state index in [1.807, 2.05) is 42.5 Å². The van der Waals surface area contributed by atoms with E-state index in [4.69, 9.17) is 18.9 Å². The maximum absolute atomic E-state index is 13.5. The molecule has 0 unspecified atom stereocenters. The fourth-order valence-electron chi connectivity index (χ4n) is 4.67. The molecule has 0 radical (unpaired) electrons. The van der Waals surface area contributed by atoms with Crippen molar-refractivity contribution in [2.24, 2.45) is 5.92 Å². The van der Waals surface area contributed by atoms with E-state index in [1.165, 1.54) is 21.3 Å². The summed E-state index contributed by atoms with van der Waals surface area (Å²) in [6.07, 6.45) is 2.31. The van der Waals surface area contributed by atoms with Gasteiger partial charge >= 0.3 is 0 Å². The number of pyridine rings is 1. The van der Waals surface area contributed by atoms with Gasteiger partial charge in [0.25, 0.3) is 0 Å². The molecule has 4 rings (SSSR count). The van der Waals surface area contributed by atoms with E-state index < -0.39 is 12.0 Å². The second-order valence-electron chi connectivity index (χ2n) is 8.55. The number of anilines is 1. The molecule has 2 aromatic carbocycles. The predicted molar refractivity (Wildman–Crippen MR) is 138 cm³/mol. The van der Waals surface area contributed by atoms with E-state index in [-0.39, 0.29) is 18.2 Å². The first kappa shape index (κ1) is 25.8. The number of hydrogen-bond acceptors (Lipinski definition) is 7. The second kappa shape index (κ2) is 11.6. The third kappa shape index (κ3) is 5.45. The Kier molecular flexibility index (Phi) is 8.12. The third-order valence-corrected chi connectivity index (χ3v) is 6.49. The monoisotopic (exact) mass is 505 g/mol. The molecule has 1 fully saturated rings. The van der Waals surface area contributed by atoms with Crippen LogP contribution in [0.15, 0.2) is 60.8 Å². The first-order valence-corrected chi connectivity index (χ1v) is 11.9. The molecule has 1 N–H and O–H groups in total. The number of rotatable bonds is 9. The maximum atomic E-state index is 13.5. The van der Waals surface area contributed by atoms with Crippen molar-refractivity contribution >= 4 is 17.5 Å². The van der Waals surface area contributed by atoms with Crippen molar-refractivity contribution in [2.75, 3.05) is 33.3 Å². The van der Waals surface area contributed by atoms with Gasteiger partial charge in [-0.15, -0.1) is 0 Å². The molecule has 1 aromatic heterocycles. The molecule has 1 aliphatic heterocycles. The second-order valence-corrected chi connectivity index (χ2v) is 8.55. The summed E-state index contributed by atoms with van der Waals surface area (Å²) in [6, 6.07) is 15.8. The highest BCUT2D eigenvalue weighted by Gasteiger charge is 2.42. The highest BCUT2D eigenvalue weighted by Crippen LogP contribution is 2.46. The van der Waals surface area contributed by atoms with Crippen LogP contribution in [-0.2, 0) is 16.1 Å². The first-order chi connectivity index (χ1) is 18.0. The summed E-state index contributed by atoms with van der Waals surface area (Å²) in [5.41, 5.74) is 2.10. The average Bonchev–Trinajstić information content (AvgIpc) is 2.95. The fourth-order valence-corrected chi connectivity index (χ4v) is 4.67. The Balaban J connectivity index is 1.76. The van der Waals surface area contributed by atoms with Crippen molar-refractivity contribution in [3.8, 4) is 23.0 Å². The molecule has 0 bridgehead atoms.